The summed E-state index contributed by atoms with van der Waals surface area (Å²) in [5.41, 5.74) is 1.46. The van der Waals surface area contributed by atoms with E-state index in [0.29, 0.717) is 5.92 Å². The molecule has 68 valence electrons. The molecule has 1 aliphatic rings. The minimum absolute atomic E-state index is 0.217. The zero-order chi connectivity index (χ0) is 9.19. The van der Waals surface area contributed by atoms with E-state index in [1.807, 2.05) is 0 Å². The molecule has 1 aliphatic heterocycles. The van der Waals surface area contributed by atoms with E-state index >= 15 is 0 Å². The van der Waals surface area contributed by atoms with Crippen LogP contribution in [-0.2, 0) is 0 Å². The monoisotopic (exact) mass is 165 g/mol. The van der Waals surface area contributed by atoms with Gasteiger partial charge in [-0.2, -0.15) is 0 Å². The minimum atomic E-state index is 0.217. The van der Waals surface area contributed by atoms with Crippen LogP contribution in [-0.4, -0.2) is 12.3 Å². The highest BCUT2D eigenvalue weighted by molar-refractivity contribution is 5.99. The maximum atomic E-state index is 4.58. The predicted octanol–water partition coefficient (Wildman–Crippen LogP) is 3.07. The summed E-state index contributed by atoms with van der Waals surface area (Å²) in [4.78, 5) is 4.58. The van der Waals surface area contributed by atoms with Gasteiger partial charge in [0.15, 0.2) is 0 Å². The van der Waals surface area contributed by atoms with Crippen LogP contribution in [0.15, 0.2) is 17.1 Å². The molecule has 0 bridgehead atoms. The average Bonchev–Trinajstić information content (AvgIpc) is 2.03. The Hall–Kier alpha value is -0.590. The molecule has 0 saturated carbocycles. The van der Waals surface area contributed by atoms with E-state index < -0.39 is 0 Å². The van der Waals surface area contributed by atoms with Gasteiger partial charge in [0.2, 0.25) is 0 Å². The van der Waals surface area contributed by atoms with Crippen LogP contribution in [0.1, 0.15) is 34.1 Å². The smallest absolute Gasteiger partial charge is 0.0455 e. The molecule has 0 radical (unpaired) electrons. The van der Waals surface area contributed by atoms with Crippen LogP contribution >= 0.6 is 0 Å². The molecular formula is C11H19N. The van der Waals surface area contributed by atoms with E-state index in [4.69, 9.17) is 0 Å². The third kappa shape index (κ3) is 2.20. The van der Waals surface area contributed by atoms with Gasteiger partial charge in [0, 0.05) is 17.7 Å². The molecule has 1 heterocycles. The molecule has 1 atom stereocenters. The van der Waals surface area contributed by atoms with Crippen LogP contribution in [0, 0.1) is 11.3 Å². The van der Waals surface area contributed by atoms with Crippen LogP contribution < -0.4 is 0 Å². The molecule has 1 rings (SSSR count). The Morgan fingerprint density at radius 2 is 2.17 bits per heavy atom. The van der Waals surface area contributed by atoms with E-state index in [1.54, 1.807) is 0 Å². The highest BCUT2D eigenvalue weighted by Crippen LogP contribution is 2.21. The van der Waals surface area contributed by atoms with Crippen LogP contribution in [0.4, 0.5) is 0 Å². The summed E-state index contributed by atoms with van der Waals surface area (Å²) in [5.74, 6) is 0.677. The molecule has 0 amide bonds. The molecule has 0 fully saturated rings. The van der Waals surface area contributed by atoms with Crippen molar-refractivity contribution in [1.29, 1.82) is 0 Å². The number of dihydropyridines is 1. The van der Waals surface area contributed by atoms with E-state index in [9.17, 15) is 0 Å². The summed E-state index contributed by atoms with van der Waals surface area (Å²) in [6.07, 6.45) is 5.70. The second kappa shape index (κ2) is 3.42. The number of hydrogen-bond donors (Lipinski definition) is 0. The minimum Gasteiger partial charge on any atom is -0.289 e. The summed E-state index contributed by atoms with van der Waals surface area (Å²) in [5, 5.41) is 0. The molecule has 0 aromatic heterocycles. The number of allylic oxidation sites excluding steroid dienone is 1. The maximum absolute atomic E-state index is 4.58. The molecule has 0 N–H and O–H groups in total. The van der Waals surface area contributed by atoms with Gasteiger partial charge in [0.25, 0.3) is 0 Å². The Kier molecular flexibility index (Phi) is 2.71. The molecule has 0 aromatic carbocycles. The lowest BCUT2D eigenvalue weighted by Gasteiger charge is -2.23. The van der Waals surface area contributed by atoms with Crippen molar-refractivity contribution < 1.29 is 0 Å². The van der Waals surface area contributed by atoms with E-state index in [0.717, 1.165) is 6.54 Å². The quantitative estimate of drug-likeness (QED) is 0.566. The first-order valence-electron chi connectivity index (χ1n) is 4.77. The Balaban J connectivity index is 2.64. The predicted molar refractivity (Wildman–Crippen MR) is 54.7 cm³/mol. The Morgan fingerprint density at radius 3 is 2.50 bits per heavy atom. The molecule has 0 aliphatic carbocycles. The summed E-state index contributed by atoms with van der Waals surface area (Å²) in [6, 6.07) is 0. The second-order valence-electron chi connectivity index (χ2n) is 4.50. The van der Waals surface area contributed by atoms with E-state index in [1.165, 1.54) is 12.1 Å². The number of rotatable bonds is 1. The van der Waals surface area contributed by atoms with Crippen LogP contribution in [0.3, 0.4) is 0 Å². The van der Waals surface area contributed by atoms with Crippen molar-refractivity contribution in [3.05, 3.63) is 12.2 Å². The van der Waals surface area contributed by atoms with Gasteiger partial charge in [-0.15, -0.1) is 0 Å². The van der Waals surface area contributed by atoms with Crippen molar-refractivity contribution in [2.24, 2.45) is 16.3 Å². The molecule has 0 saturated heterocycles. The lowest BCUT2D eigenvalue weighted by molar-refractivity contribution is 0.570. The average molecular weight is 165 g/mol. The van der Waals surface area contributed by atoms with Crippen molar-refractivity contribution in [3.8, 4) is 0 Å². The van der Waals surface area contributed by atoms with Crippen molar-refractivity contribution in [3.63, 3.8) is 0 Å². The van der Waals surface area contributed by atoms with E-state index in [-0.39, 0.29) is 5.41 Å². The molecule has 1 heteroatoms. The molecule has 0 spiro atoms. The van der Waals surface area contributed by atoms with Gasteiger partial charge >= 0.3 is 0 Å². The van der Waals surface area contributed by atoms with Crippen LogP contribution in [0.5, 0.6) is 0 Å². The Morgan fingerprint density at radius 1 is 1.50 bits per heavy atom. The third-order valence-electron chi connectivity index (χ3n) is 2.32. The summed E-state index contributed by atoms with van der Waals surface area (Å²) in [7, 11) is 0. The maximum Gasteiger partial charge on any atom is 0.0455 e. The number of hydrogen-bond acceptors (Lipinski definition) is 1. The lowest BCUT2D eigenvalue weighted by atomic mass is 9.87. The van der Waals surface area contributed by atoms with Crippen molar-refractivity contribution in [2.75, 3.05) is 6.54 Å². The van der Waals surface area contributed by atoms with Gasteiger partial charge in [-0.3, -0.25) is 4.99 Å². The van der Waals surface area contributed by atoms with Gasteiger partial charge in [-0.05, 0) is 18.4 Å². The van der Waals surface area contributed by atoms with Gasteiger partial charge in [-0.25, -0.2) is 0 Å². The SMILES string of the molecule is CCC1C=CC(C(C)(C)C)=NC1. The standard InChI is InChI=1S/C11H19N/c1-5-9-6-7-10(12-8-9)11(2,3)4/h6-7,9H,5,8H2,1-4H3. The molecule has 12 heavy (non-hydrogen) atoms. The number of nitrogens with zero attached hydrogens (tertiary/aromatic N) is 1. The van der Waals surface area contributed by atoms with Crippen LogP contribution in [0.25, 0.3) is 0 Å². The molecule has 0 aromatic rings. The first-order chi connectivity index (χ1) is 5.54. The summed E-state index contributed by atoms with van der Waals surface area (Å²) >= 11 is 0. The second-order valence-corrected chi connectivity index (χ2v) is 4.50. The lowest BCUT2D eigenvalue weighted by Crippen LogP contribution is -2.22. The van der Waals surface area contributed by atoms with Crippen LogP contribution in [0.2, 0.25) is 0 Å². The van der Waals surface area contributed by atoms with Crippen molar-refractivity contribution in [1.82, 2.24) is 0 Å². The largest absolute Gasteiger partial charge is 0.289 e. The van der Waals surface area contributed by atoms with Gasteiger partial charge in [0.1, 0.15) is 0 Å². The topological polar surface area (TPSA) is 12.4 Å². The highest BCUT2D eigenvalue weighted by Gasteiger charge is 2.19. The highest BCUT2D eigenvalue weighted by atomic mass is 14.8. The van der Waals surface area contributed by atoms with Gasteiger partial charge < -0.3 is 0 Å². The van der Waals surface area contributed by atoms with Crippen molar-refractivity contribution >= 4 is 5.71 Å². The van der Waals surface area contributed by atoms with Gasteiger partial charge in [-0.1, -0.05) is 33.8 Å². The number of aliphatic imine (C=N–C) groups is 1. The zero-order valence-electron chi connectivity index (χ0n) is 8.59. The third-order valence-corrected chi connectivity index (χ3v) is 2.32. The fraction of sp³-hybridized carbons (Fsp3) is 0.727. The first-order valence-corrected chi connectivity index (χ1v) is 4.77. The van der Waals surface area contributed by atoms with Crippen molar-refractivity contribution in [2.45, 2.75) is 34.1 Å². The zero-order valence-corrected chi connectivity index (χ0v) is 8.59. The normalized spacial score (nSPS) is 24.0. The molecule has 1 nitrogen and oxygen atoms in total. The summed E-state index contributed by atoms with van der Waals surface area (Å²) < 4.78 is 0. The fourth-order valence-electron chi connectivity index (χ4n) is 1.31. The fourth-order valence-corrected chi connectivity index (χ4v) is 1.31. The summed E-state index contributed by atoms with van der Waals surface area (Å²) in [6.45, 7) is 9.83. The van der Waals surface area contributed by atoms with E-state index in [2.05, 4.69) is 44.8 Å². The Bertz CT molecular complexity index is 206. The molecule has 1 unspecified atom stereocenters. The first kappa shape index (κ1) is 9.50. The molecular weight excluding hydrogens is 146 g/mol. The van der Waals surface area contributed by atoms with Gasteiger partial charge in [0.05, 0.1) is 0 Å². The Labute approximate surface area is 75.6 Å².